The van der Waals surface area contributed by atoms with Crippen LogP contribution in [0.4, 0.5) is 0 Å². The van der Waals surface area contributed by atoms with E-state index in [0.717, 1.165) is 212 Å². The lowest BCUT2D eigenvalue weighted by Gasteiger charge is -2.21. The molecule has 0 fully saturated rings. The van der Waals surface area contributed by atoms with E-state index in [0.29, 0.717) is 25.7 Å². The second-order valence-corrected chi connectivity index (χ2v) is 29.1. The molecule has 0 aromatic rings. The molecule has 0 heterocycles. The molecule has 5 atom stereocenters. The Morgan fingerprint density at radius 3 is 0.817 bits per heavy atom. The van der Waals surface area contributed by atoms with Gasteiger partial charge in [0.2, 0.25) is 0 Å². The number of carbonyl (C=O) groups is 4. The van der Waals surface area contributed by atoms with Crippen molar-refractivity contribution in [2.75, 3.05) is 39.6 Å². The number of aliphatic hydroxyl groups excluding tert-OH is 1. The Kier molecular flexibility index (Phi) is 72.4. The molecule has 5 unspecified atom stereocenters. The number of esters is 4. The molecule has 0 amide bonds. The van der Waals surface area contributed by atoms with Crippen molar-refractivity contribution in [1.29, 1.82) is 0 Å². The Morgan fingerprint density at radius 2 is 0.519 bits per heavy atom. The summed E-state index contributed by atoms with van der Waals surface area (Å²) in [5, 5.41) is 10.6. The Balaban J connectivity index is 5.41. The first-order chi connectivity index (χ1) is 50.7. The summed E-state index contributed by atoms with van der Waals surface area (Å²) in [5.74, 6) is -2.25. The molecule has 0 aliphatic heterocycles. The van der Waals surface area contributed by atoms with Gasteiger partial charge in [0.1, 0.15) is 19.3 Å². The minimum Gasteiger partial charge on any atom is -0.462 e. The number of hydrogen-bond donors (Lipinski definition) is 3. The summed E-state index contributed by atoms with van der Waals surface area (Å²) in [6, 6.07) is 0. The predicted octanol–water partition coefficient (Wildman–Crippen LogP) is 23.4. The van der Waals surface area contributed by atoms with Crippen LogP contribution in [-0.4, -0.2) is 96.7 Å². The number of ether oxygens (including phenoxy) is 4. The van der Waals surface area contributed by atoms with Gasteiger partial charge in [-0.2, -0.15) is 0 Å². The molecule has 0 saturated heterocycles. The van der Waals surface area contributed by atoms with Crippen molar-refractivity contribution in [3.8, 4) is 0 Å². The van der Waals surface area contributed by atoms with Gasteiger partial charge in [-0.3, -0.25) is 37.3 Å². The zero-order valence-electron chi connectivity index (χ0n) is 64.9. The van der Waals surface area contributed by atoms with Crippen LogP contribution in [-0.2, 0) is 65.4 Å². The lowest BCUT2D eigenvalue weighted by atomic mass is 10.1. The molecule has 0 aliphatic carbocycles. The molecule has 104 heavy (non-hydrogen) atoms. The fourth-order valence-electron chi connectivity index (χ4n) is 10.2. The highest BCUT2D eigenvalue weighted by Gasteiger charge is 2.30. The fraction of sp³-hybridized carbons (Fsp3) is 0.671. The van der Waals surface area contributed by atoms with Crippen LogP contribution in [0, 0.1) is 0 Å². The first-order valence-electron chi connectivity index (χ1n) is 40.1. The van der Waals surface area contributed by atoms with E-state index >= 15 is 0 Å². The van der Waals surface area contributed by atoms with Gasteiger partial charge in [-0.1, -0.05) is 270 Å². The molecular formula is C85H142O17P2. The van der Waals surface area contributed by atoms with Gasteiger partial charge in [0.05, 0.1) is 26.4 Å². The van der Waals surface area contributed by atoms with Crippen molar-refractivity contribution in [3.05, 3.63) is 146 Å². The van der Waals surface area contributed by atoms with Crippen LogP contribution in [0.5, 0.6) is 0 Å². The number of unbranched alkanes of at least 4 members (excludes halogenated alkanes) is 24. The van der Waals surface area contributed by atoms with E-state index in [2.05, 4.69) is 174 Å². The zero-order chi connectivity index (χ0) is 76.0. The summed E-state index contributed by atoms with van der Waals surface area (Å²) < 4.78 is 68.6. The number of hydrogen-bond acceptors (Lipinski definition) is 15. The maximum Gasteiger partial charge on any atom is 0.472 e. The number of carbonyl (C=O) groups excluding carboxylic acids is 4. The summed E-state index contributed by atoms with van der Waals surface area (Å²) in [6.45, 7) is 4.48. The third-order valence-corrected chi connectivity index (χ3v) is 18.2. The Labute approximate surface area is 630 Å². The maximum atomic E-state index is 13.1. The molecule has 17 nitrogen and oxygen atoms in total. The van der Waals surface area contributed by atoms with E-state index in [4.69, 9.17) is 37.0 Å². The third-order valence-electron chi connectivity index (χ3n) is 16.2. The molecule has 0 aromatic heterocycles. The lowest BCUT2D eigenvalue weighted by molar-refractivity contribution is -0.161. The molecule has 0 aliphatic rings. The minimum atomic E-state index is -4.99. The molecule has 3 N–H and O–H groups in total. The first-order valence-corrected chi connectivity index (χ1v) is 43.1. The van der Waals surface area contributed by atoms with E-state index in [1.54, 1.807) is 0 Å². The largest absolute Gasteiger partial charge is 0.472 e. The molecular weight excluding hydrogens is 1350 g/mol. The van der Waals surface area contributed by atoms with Crippen molar-refractivity contribution in [3.63, 3.8) is 0 Å². The van der Waals surface area contributed by atoms with Crippen molar-refractivity contribution in [1.82, 2.24) is 0 Å². The highest BCUT2D eigenvalue weighted by molar-refractivity contribution is 7.47. The summed E-state index contributed by atoms with van der Waals surface area (Å²) >= 11 is 0. The monoisotopic (exact) mass is 1500 g/mol. The van der Waals surface area contributed by atoms with Gasteiger partial charge < -0.3 is 33.8 Å². The quantitative estimate of drug-likeness (QED) is 0.0169. The molecule has 0 saturated carbocycles. The molecule has 0 aromatic carbocycles. The average Bonchev–Trinajstić information content (AvgIpc) is 0.911. The predicted molar refractivity (Wildman–Crippen MR) is 427 cm³/mol. The van der Waals surface area contributed by atoms with Crippen molar-refractivity contribution in [2.45, 2.75) is 329 Å². The summed E-state index contributed by atoms with van der Waals surface area (Å²) in [4.78, 5) is 73.0. The van der Waals surface area contributed by atoms with Gasteiger partial charge in [-0.25, -0.2) is 9.13 Å². The van der Waals surface area contributed by atoms with Gasteiger partial charge in [0.15, 0.2) is 12.2 Å². The minimum absolute atomic E-state index is 0.0671. The highest BCUT2D eigenvalue weighted by Crippen LogP contribution is 2.45. The Morgan fingerprint density at radius 1 is 0.279 bits per heavy atom. The van der Waals surface area contributed by atoms with E-state index in [-0.39, 0.29) is 25.7 Å². The number of rotatable bonds is 74. The van der Waals surface area contributed by atoms with Gasteiger partial charge in [-0.15, -0.1) is 0 Å². The second kappa shape index (κ2) is 76.1. The maximum absolute atomic E-state index is 13.1. The smallest absolute Gasteiger partial charge is 0.462 e. The van der Waals surface area contributed by atoms with Crippen LogP contribution in [0.25, 0.3) is 0 Å². The van der Waals surface area contributed by atoms with Crippen LogP contribution in [0.15, 0.2) is 146 Å². The molecule has 0 rings (SSSR count). The van der Waals surface area contributed by atoms with Gasteiger partial charge in [0, 0.05) is 25.7 Å². The summed E-state index contributed by atoms with van der Waals surface area (Å²) in [6.07, 6.45) is 86.8. The first kappa shape index (κ1) is 98.9. The normalized spacial score (nSPS) is 14.6. The van der Waals surface area contributed by atoms with Crippen LogP contribution in [0.2, 0.25) is 0 Å². The van der Waals surface area contributed by atoms with Crippen LogP contribution >= 0.6 is 15.6 Å². The lowest BCUT2D eigenvalue weighted by Crippen LogP contribution is -2.30. The highest BCUT2D eigenvalue weighted by atomic mass is 31.2. The van der Waals surface area contributed by atoms with Crippen LogP contribution in [0.3, 0.4) is 0 Å². The average molecular weight is 1500 g/mol. The zero-order valence-corrected chi connectivity index (χ0v) is 66.7. The molecule has 594 valence electrons. The van der Waals surface area contributed by atoms with Gasteiger partial charge >= 0.3 is 39.5 Å². The third kappa shape index (κ3) is 75.2. The number of aliphatic hydroxyl groups is 1. The Hall–Kier alpha value is -5.06. The SMILES string of the molecule is CC/C=C\C/C=C\C/C=C\C/C=C\C/C=C\CCCCCC(=O)OCC(COP(=O)(O)OCC(O)COP(=O)(O)OCC(COC(=O)CCCCCCCCC/C=C\C/C=C\C/C=C\CC)OC(=O)CCCCCCC/C=C\C/C=C\CCC)OC(=O)CCCCCCC/C=C\C/C=C\CCCCC. The van der Waals surface area contributed by atoms with Crippen LogP contribution in [0.1, 0.15) is 310 Å². The number of phosphoric acid groups is 2. The van der Waals surface area contributed by atoms with E-state index in [9.17, 15) is 43.2 Å². The van der Waals surface area contributed by atoms with Gasteiger partial charge in [0.25, 0.3) is 0 Å². The second-order valence-electron chi connectivity index (χ2n) is 26.2. The van der Waals surface area contributed by atoms with Crippen LogP contribution < -0.4 is 0 Å². The summed E-state index contributed by atoms with van der Waals surface area (Å²) in [7, 11) is -9.98. The number of phosphoric ester groups is 2. The van der Waals surface area contributed by atoms with Crippen molar-refractivity contribution < 1.29 is 80.2 Å². The fourth-order valence-corrected chi connectivity index (χ4v) is 11.8. The molecule has 0 bridgehead atoms. The van der Waals surface area contributed by atoms with E-state index in [1.165, 1.54) is 19.3 Å². The molecule has 0 spiro atoms. The Bertz CT molecular complexity index is 2540. The van der Waals surface area contributed by atoms with E-state index < -0.39 is 97.5 Å². The van der Waals surface area contributed by atoms with E-state index in [1.807, 2.05) is 0 Å². The van der Waals surface area contributed by atoms with Crippen molar-refractivity contribution >= 4 is 39.5 Å². The number of allylic oxidation sites excluding steroid dienone is 24. The van der Waals surface area contributed by atoms with Crippen molar-refractivity contribution in [2.24, 2.45) is 0 Å². The molecule has 19 heteroatoms. The molecule has 0 radical (unpaired) electrons. The van der Waals surface area contributed by atoms with Gasteiger partial charge in [-0.05, 0) is 161 Å². The summed E-state index contributed by atoms with van der Waals surface area (Å²) in [5.41, 5.74) is 0. The topological polar surface area (TPSA) is 237 Å². The standard InChI is InChI=1S/C85H142O17P2/c1-5-9-13-17-21-25-29-33-36-38-39-41-44-47-50-54-58-62-66-70-83(88)96-76-81(102-85(90)72-68-64-60-56-52-48-42-35-31-27-23-19-15-11-7-3)78-100-104(93,94)98-74-79(86)73-97-103(91,92)99-77-80(101-84(89)71-67-63-59-55-51-45-32-28-24-20-16-12-8-4)75-95-82(87)69-65-61-57-53-49-46-43-40-37-34-30-26-22-18-14-10-6-2/h9-10,13-14,16,20-23,25-28,32-37,39,41-42,47,50,79-81,86H,5-8,11-12,15,17-19,24,29-31,38,40,43-46,48-49,51-78H2,1-4H3,(H,91,92)(H,93,94)/b13-9-,14-10-,20-16-,25-21-,26-22-,27-23-,32-28-,36-33-,37-34-,41-39-,42-35-,50-47-.